The van der Waals surface area contributed by atoms with Gasteiger partial charge >= 0.3 is 0 Å². The Morgan fingerprint density at radius 3 is 1.18 bits per heavy atom. The Labute approximate surface area is 204 Å². The van der Waals surface area contributed by atoms with Gasteiger partial charge < -0.3 is 9.80 Å². The Hall–Kier alpha value is -0.210. The molecule has 4 rings (SSSR count). The molecule has 0 atom stereocenters. The molecule has 2 aliphatic heterocycles. The van der Waals surface area contributed by atoms with E-state index >= 15 is 0 Å². The summed E-state index contributed by atoms with van der Waals surface area (Å²) >= 11 is 0. The first-order valence-electron chi connectivity index (χ1n) is 14.2. The van der Waals surface area contributed by atoms with Crippen LogP contribution in [0.15, 0.2) is 0 Å². The average molecular weight is 483 g/mol. The molecule has 2 aliphatic carbocycles. The van der Waals surface area contributed by atoms with Gasteiger partial charge in [0, 0.05) is 78.5 Å². The Morgan fingerprint density at radius 2 is 0.818 bits per heavy atom. The minimum atomic E-state index is -2.96. The third-order valence-electron chi connectivity index (χ3n) is 8.85. The lowest BCUT2D eigenvalue weighted by Gasteiger charge is -2.37. The summed E-state index contributed by atoms with van der Waals surface area (Å²) in [6.07, 6.45) is 14.2. The number of hydrogen-bond donors (Lipinski definition) is 0. The molecule has 7 heteroatoms. The van der Waals surface area contributed by atoms with Crippen molar-refractivity contribution in [1.82, 2.24) is 19.6 Å². The van der Waals surface area contributed by atoms with Crippen molar-refractivity contribution in [3.05, 3.63) is 0 Å². The van der Waals surface area contributed by atoms with E-state index in [4.69, 9.17) is 0 Å². The zero-order valence-electron chi connectivity index (χ0n) is 21.1. The molecule has 4 fully saturated rings. The first-order valence-corrected chi connectivity index (χ1v) is 16.0. The van der Waals surface area contributed by atoms with Gasteiger partial charge in [-0.05, 0) is 37.5 Å². The van der Waals surface area contributed by atoms with E-state index in [1.54, 1.807) is 0 Å². The van der Waals surface area contributed by atoms with Crippen molar-refractivity contribution in [3.63, 3.8) is 0 Å². The van der Waals surface area contributed by atoms with Crippen molar-refractivity contribution in [2.24, 2.45) is 11.8 Å². The highest BCUT2D eigenvalue weighted by Gasteiger charge is 2.25. The summed E-state index contributed by atoms with van der Waals surface area (Å²) in [6.45, 7) is 12.5. The molecule has 2 heterocycles. The Balaban J connectivity index is 1.06. The predicted octanol–water partition coefficient (Wildman–Crippen LogP) is 2.80. The molecule has 192 valence electrons. The Bertz CT molecular complexity index is 595. The van der Waals surface area contributed by atoms with Crippen molar-refractivity contribution < 1.29 is 8.42 Å². The van der Waals surface area contributed by atoms with Crippen LogP contribution in [-0.2, 0) is 9.84 Å². The molecule has 0 spiro atoms. The summed E-state index contributed by atoms with van der Waals surface area (Å²) < 4.78 is 25.4. The largest absolute Gasteiger partial charge is 0.301 e. The van der Waals surface area contributed by atoms with Gasteiger partial charge in [0.05, 0.1) is 11.5 Å². The van der Waals surface area contributed by atoms with Gasteiger partial charge in [-0.1, -0.05) is 38.5 Å². The fourth-order valence-corrected chi connectivity index (χ4v) is 7.78. The molecule has 0 amide bonds. The molecule has 0 aromatic rings. The monoisotopic (exact) mass is 482 g/mol. The SMILES string of the molecule is O=S(=O)(CCN1CCN(CC2CCCCC2)CC1)CCN1CCN(CC2CCCCC2)CC1. The molecule has 33 heavy (non-hydrogen) atoms. The molecule has 0 radical (unpaired) electrons. The van der Waals surface area contributed by atoms with Crippen LogP contribution in [0.1, 0.15) is 64.2 Å². The summed E-state index contributed by atoms with van der Waals surface area (Å²) in [4.78, 5) is 9.99. The first-order chi connectivity index (χ1) is 16.1. The van der Waals surface area contributed by atoms with E-state index in [1.807, 2.05) is 0 Å². The third kappa shape index (κ3) is 9.06. The zero-order valence-corrected chi connectivity index (χ0v) is 22.0. The highest BCUT2D eigenvalue weighted by atomic mass is 32.2. The molecule has 0 bridgehead atoms. The highest BCUT2D eigenvalue weighted by Crippen LogP contribution is 2.25. The molecule has 4 aliphatic rings. The van der Waals surface area contributed by atoms with Crippen molar-refractivity contribution in [1.29, 1.82) is 0 Å². The van der Waals surface area contributed by atoms with E-state index in [0.29, 0.717) is 11.5 Å². The van der Waals surface area contributed by atoms with E-state index in [1.165, 1.54) is 77.3 Å². The summed E-state index contributed by atoms with van der Waals surface area (Å²) in [7, 11) is -2.96. The van der Waals surface area contributed by atoms with Crippen LogP contribution in [0.3, 0.4) is 0 Å². The quantitative estimate of drug-likeness (QED) is 0.477. The number of nitrogens with zero attached hydrogens (tertiary/aromatic N) is 4. The highest BCUT2D eigenvalue weighted by molar-refractivity contribution is 7.91. The summed E-state index contributed by atoms with van der Waals surface area (Å²) in [5, 5.41) is 0. The van der Waals surface area contributed by atoms with Crippen molar-refractivity contribution in [3.8, 4) is 0 Å². The van der Waals surface area contributed by atoms with Crippen LogP contribution in [0, 0.1) is 11.8 Å². The molecule has 0 unspecified atom stereocenters. The van der Waals surface area contributed by atoms with Gasteiger partial charge in [0.1, 0.15) is 0 Å². The Morgan fingerprint density at radius 1 is 0.485 bits per heavy atom. The molecule has 0 aromatic heterocycles. The molecular formula is C26H50N4O2S. The molecular weight excluding hydrogens is 432 g/mol. The van der Waals surface area contributed by atoms with E-state index in [0.717, 1.165) is 77.3 Å². The fraction of sp³-hybridized carbons (Fsp3) is 1.00. The minimum absolute atomic E-state index is 0.331. The van der Waals surface area contributed by atoms with Crippen LogP contribution in [0.5, 0.6) is 0 Å². The predicted molar refractivity (Wildman–Crippen MR) is 138 cm³/mol. The maximum atomic E-state index is 12.7. The number of rotatable bonds is 10. The number of sulfone groups is 1. The van der Waals surface area contributed by atoms with Gasteiger partial charge in [0.15, 0.2) is 9.84 Å². The van der Waals surface area contributed by atoms with Gasteiger partial charge in [-0.3, -0.25) is 9.80 Å². The van der Waals surface area contributed by atoms with Crippen LogP contribution in [-0.4, -0.2) is 118 Å². The number of hydrogen-bond acceptors (Lipinski definition) is 6. The van der Waals surface area contributed by atoms with Crippen molar-refractivity contribution in [2.75, 3.05) is 90.0 Å². The molecule has 2 saturated heterocycles. The molecule has 6 nitrogen and oxygen atoms in total. The lowest BCUT2D eigenvalue weighted by atomic mass is 9.89. The normalized spacial score (nSPS) is 26.7. The smallest absolute Gasteiger partial charge is 0.152 e. The van der Waals surface area contributed by atoms with E-state index in [9.17, 15) is 8.42 Å². The number of piperazine rings is 2. The van der Waals surface area contributed by atoms with Crippen LogP contribution in [0.4, 0.5) is 0 Å². The summed E-state index contributed by atoms with van der Waals surface area (Å²) in [6, 6.07) is 0. The average Bonchev–Trinajstić information content (AvgIpc) is 2.85. The standard InChI is InChI=1S/C26H50N4O2S/c31-33(32,21-19-27-11-15-29(16-12-27)23-25-7-3-1-4-8-25)22-20-28-13-17-30(18-14-28)24-26-9-5-2-6-10-26/h25-26H,1-24H2. The third-order valence-corrected chi connectivity index (χ3v) is 10.5. The van der Waals surface area contributed by atoms with Crippen LogP contribution >= 0.6 is 0 Å². The van der Waals surface area contributed by atoms with Crippen LogP contribution in [0.25, 0.3) is 0 Å². The second-order valence-electron chi connectivity index (χ2n) is 11.4. The zero-order chi connectivity index (χ0) is 22.9. The minimum Gasteiger partial charge on any atom is -0.301 e. The first kappa shape index (κ1) is 25.9. The Kier molecular flexibility index (Phi) is 10.3. The van der Waals surface area contributed by atoms with E-state index in [2.05, 4.69) is 19.6 Å². The summed E-state index contributed by atoms with van der Waals surface area (Å²) in [5.41, 5.74) is 0. The van der Waals surface area contributed by atoms with Gasteiger partial charge in [-0.15, -0.1) is 0 Å². The van der Waals surface area contributed by atoms with Gasteiger partial charge in [0.25, 0.3) is 0 Å². The second kappa shape index (κ2) is 13.2. The second-order valence-corrected chi connectivity index (χ2v) is 13.7. The van der Waals surface area contributed by atoms with Crippen LogP contribution < -0.4 is 0 Å². The van der Waals surface area contributed by atoms with Crippen molar-refractivity contribution >= 4 is 9.84 Å². The topological polar surface area (TPSA) is 47.1 Å². The lowest BCUT2D eigenvalue weighted by Crippen LogP contribution is -2.50. The molecule has 0 N–H and O–H groups in total. The van der Waals surface area contributed by atoms with Gasteiger partial charge in [-0.2, -0.15) is 0 Å². The lowest BCUT2D eigenvalue weighted by molar-refractivity contribution is 0.112. The maximum Gasteiger partial charge on any atom is 0.152 e. The molecule has 2 saturated carbocycles. The van der Waals surface area contributed by atoms with Crippen LogP contribution in [0.2, 0.25) is 0 Å². The van der Waals surface area contributed by atoms with E-state index in [-0.39, 0.29) is 0 Å². The summed E-state index contributed by atoms with van der Waals surface area (Å²) in [5.74, 6) is 2.47. The van der Waals surface area contributed by atoms with Gasteiger partial charge in [0.2, 0.25) is 0 Å². The maximum absolute atomic E-state index is 12.7. The van der Waals surface area contributed by atoms with Crippen molar-refractivity contribution in [2.45, 2.75) is 64.2 Å². The molecule has 0 aromatic carbocycles. The fourth-order valence-electron chi connectivity index (χ4n) is 6.50. The van der Waals surface area contributed by atoms with Gasteiger partial charge in [-0.25, -0.2) is 8.42 Å². The van der Waals surface area contributed by atoms with E-state index < -0.39 is 9.84 Å².